The molecule has 22 heavy (non-hydrogen) atoms. The van der Waals surface area contributed by atoms with E-state index in [-0.39, 0.29) is 16.8 Å². The van der Waals surface area contributed by atoms with Crippen LogP contribution in [0.1, 0.15) is 20.7 Å². The van der Waals surface area contributed by atoms with Crippen LogP contribution in [0, 0.1) is 10.1 Å². The van der Waals surface area contributed by atoms with Crippen LogP contribution in [0.2, 0.25) is 0 Å². The molecule has 0 bridgehead atoms. The van der Waals surface area contributed by atoms with Crippen LogP contribution in [-0.2, 0) is 0 Å². The van der Waals surface area contributed by atoms with Gasteiger partial charge in [-0.3, -0.25) is 19.7 Å². The normalized spacial score (nSPS) is 13.5. The molecule has 0 spiro atoms. The molecule has 0 N–H and O–H groups in total. The zero-order chi connectivity index (χ0) is 16.0. The zero-order valence-electron chi connectivity index (χ0n) is 10.7. The molecule has 8 heteroatoms. The highest BCUT2D eigenvalue weighted by Gasteiger charge is 2.42. The number of hydrogen-bond acceptors (Lipinski definition) is 4. The van der Waals surface area contributed by atoms with Crippen molar-refractivity contribution in [2.24, 2.45) is 0 Å². The average Bonchev–Trinajstić information content (AvgIpc) is 2.72. The highest BCUT2D eigenvalue weighted by molar-refractivity contribution is 9.11. The van der Waals surface area contributed by atoms with Gasteiger partial charge in [-0.15, -0.1) is 0 Å². The molecule has 0 unspecified atom stereocenters. The topological polar surface area (TPSA) is 80.5 Å². The number of nitro benzene ring substituents is 1. The van der Waals surface area contributed by atoms with Gasteiger partial charge in [-0.1, -0.05) is 22.0 Å². The van der Waals surface area contributed by atoms with Gasteiger partial charge in [0.05, 0.1) is 16.2 Å². The summed E-state index contributed by atoms with van der Waals surface area (Å²) in [5.41, 5.74) is -0.170. The number of nitro groups is 1. The van der Waals surface area contributed by atoms with E-state index in [0.717, 1.165) is 9.37 Å². The van der Waals surface area contributed by atoms with Crippen LogP contribution in [-0.4, -0.2) is 16.7 Å². The lowest BCUT2D eigenvalue weighted by Crippen LogP contribution is -2.29. The molecule has 3 rings (SSSR count). The molecule has 1 aliphatic rings. The van der Waals surface area contributed by atoms with E-state index in [1.165, 1.54) is 18.2 Å². The molecule has 2 aromatic carbocycles. The van der Waals surface area contributed by atoms with Gasteiger partial charge < -0.3 is 0 Å². The molecule has 2 amide bonds. The van der Waals surface area contributed by atoms with Crippen molar-refractivity contribution in [3.63, 3.8) is 0 Å². The van der Waals surface area contributed by atoms with E-state index in [9.17, 15) is 19.7 Å². The molecule has 6 nitrogen and oxygen atoms in total. The summed E-state index contributed by atoms with van der Waals surface area (Å²) in [5, 5.41) is 11.1. The lowest BCUT2D eigenvalue weighted by atomic mass is 10.1. The van der Waals surface area contributed by atoms with Crippen LogP contribution in [0.3, 0.4) is 0 Å². The molecule has 1 aliphatic heterocycles. The Morgan fingerprint density at radius 2 is 1.77 bits per heavy atom. The summed E-state index contributed by atoms with van der Waals surface area (Å²) in [6.45, 7) is 0. The number of amides is 2. The van der Waals surface area contributed by atoms with Crippen molar-refractivity contribution < 1.29 is 14.5 Å². The Bertz CT molecular complexity index is 851. The largest absolute Gasteiger partial charge is 0.283 e. The number of hydrogen-bond donors (Lipinski definition) is 0. The van der Waals surface area contributed by atoms with Crippen molar-refractivity contribution in [2.45, 2.75) is 0 Å². The molecule has 0 radical (unpaired) electrons. The molecule has 0 aromatic heterocycles. The quantitative estimate of drug-likeness (QED) is 0.415. The number of anilines is 1. The van der Waals surface area contributed by atoms with Crippen LogP contribution in [0.4, 0.5) is 11.4 Å². The second kappa shape index (κ2) is 5.29. The first kappa shape index (κ1) is 14.9. The summed E-state index contributed by atoms with van der Waals surface area (Å²) in [6.07, 6.45) is 0. The Morgan fingerprint density at radius 1 is 1.05 bits per heavy atom. The minimum absolute atomic E-state index is 0.0361. The third-order valence-electron chi connectivity index (χ3n) is 3.24. The molecule has 0 fully saturated rings. The van der Waals surface area contributed by atoms with Crippen molar-refractivity contribution in [3.05, 3.63) is 66.6 Å². The maximum Gasteiger partial charge on any atom is 0.283 e. The summed E-state index contributed by atoms with van der Waals surface area (Å²) in [4.78, 5) is 36.4. The Morgan fingerprint density at radius 3 is 2.41 bits per heavy atom. The summed E-state index contributed by atoms with van der Waals surface area (Å²) >= 11 is 6.58. The van der Waals surface area contributed by atoms with Gasteiger partial charge in [0.25, 0.3) is 17.5 Å². The van der Waals surface area contributed by atoms with Crippen molar-refractivity contribution >= 4 is 55.0 Å². The lowest BCUT2D eigenvalue weighted by Gasteiger charge is -2.15. The SMILES string of the molecule is O=C1c2cccc([N+](=O)[O-])c2C(=O)N1c1ccc(Br)cc1Br. The van der Waals surface area contributed by atoms with Gasteiger partial charge in [0.1, 0.15) is 5.56 Å². The molecule has 0 aliphatic carbocycles. The zero-order valence-corrected chi connectivity index (χ0v) is 13.9. The van der Waals surface area contributed by atoms with Gasteiger partial charge in [-0.2, -0.15) is 0 Å². The van der Waals surface area contributed by atoms with Crippen LogP contribution < -0.4 is 4.90 Å². The average molecular weight is 426 g/mol. The number of halogens is 2. The van der Waals surface area contributed by atoms with Crippen molar-refractivity contribution in [3.8, 4) is 0 Å². The van der Waals surface area contributed by atoms with Gasteiger partial charge in [-0.25, -0.2) is 4.90 Å². The number of benzene rings is 2. The summed E-state index contributed by atoms with van der Waals surface area (Å²) in [6, 6.07) is 8.97. The van der Waals surface area contributed by atoms with Crippen molar-refractivity contribution in [1.82, 2.24) is 0 Å². The number of carbonyl (C=O) groups excluding carboxylic acids is 2. The van der Waals surface area contributed by atoms with E-state index >= 15 is 0 Å². The smallest absolute Gasteiger partial charge is 0.268 e. The predicted octanol–water partition coefficient (Wildman–Crippen LogP) is 3.92. The van der Waals surface area contributed by atoms with Crippen molar-refractivity contribution in [1.29, 1.82) is 0 Å². The molecule has 0 saturated carbocycles. The van der Waals surface area contributed by atoms with Crippen LogP contribution >= 0.6 is 31.9 Å². The number of rotatable bonds is 2. The Hall–Kier alpha value is -2.06. The molecule has 2 aromatic rings. The Balaban J connectivity index is 2.19. The third kappa shape index (κ3) is 2.15. The van der Waals surface area contributed by atoms with Gasteiger partial charge in [0, 0.05) is 15.0 Å². The highest BCUT2D eigenvalue weighted by Crippen LogP contribution is 2.37. The van der Waals surface area contributed by atoms with E-state index in [0.29, 0.717) is 10.2 Å². The predicted molar refractivity (Wildman–Crippen MR) is 86.1 cm³/mol. The minimum atomic E-state index is -0.699. The van der Waals surface area contributed by atoms with Crippen LogP contribution in [0.5, 0.6) is 0 Å². The maximum atomic E-state index is 12.5. The fraction of sp³-hybridized carbons (Fsp3) is 0. The third-order valence-corrected chi connectivity index (χ3v) is 4.37. The number of fused-ring (bicyclic) bond motifs is 1. The number of carbonyl (C=O) groups is 2. The second-order valence-corrected chi connectivity index (χ2v) is 6.27. The first-order chi connectivity index (χ1) is 10.4. The van der Waals surface area contributed by atoms with Gasteiger partial charge in [-0.05, 0) is 40.2 Å². The highest BCUT2D eigenvalue weighted by atomic mass is 79.9. The fourth-order valence-corrected chi connectivity index (χ4v) is 3.53. The van der Waals surface area contributed by atoms with Gasteiger partial charge in [0.2, 0.25) is 0 Å². The van der Waals surface area contributed by atoms with E-state index in [2.05, 4.69) is 31.9 Å². The lowest BCUT2D eigenvalue weighted by molar-refractivity contribution is -0.385. The monoisotopic (exact) mass is 424 g/mol. The standard InChI is InChI=1S/C14H6Br2N2O4/c15-7-4-5-10(9(16)6-7)17-13(19)8-2-1-3-11(18(21)22)12(8)14(17)20/h1-6H. The van der Waals surface area contributed by atoms with E-state index in [4.69, 9.17) is 0 Å². The molecular weight excluding hydrogens is 420 g/mol. The minimum Gasteiger partial charge on any atom is -0.268 e. The van der Waals surface area contributed by atoms with Crippen LogP contribution in [0.15, 0.2) is 45.3 Å². The van der Waals surface area contributed by atoms with E-state index < -0.39 is 16.7 Å². The second-order valence-electron chi connectivity index (χ2n) is 4.50. The fourth-order valence-electron chi connectivity index (χ4n) is 2.30. The first-order valence-corrected chi connectivity index (χ1v) is 7.61. The number of imide groups is 1. The van der Waals surface area contributed by atoms with Crippen molar-refractivity contribution in [2.75, 3.05) is 4.90 Å². The Kier molecular flexibility index (Phi) is 3.57. The van der Waals surface area contributed by atoms with Gasteiger partial charge >= 0.3 is 0 Å². The van der Waals surface area contributed by atoms with Gasteiger partial charge in [0.15, 0.2) is 0 Å². The first-order valence-electron chi connectivity index (χ1n) is 6.03. The Labute approximate surface area is 141 Å². The molecule has 1 heterocycles. The van der Waals surface area contributed by atoms with Crippen LogP contribution in [0.25, 0.3) is 0 Å². The maximum absolute atomic E-state index is 12.5. The number of nitrogens with zero attached hydrogens (tertiary/aromatic N) is 2. The van der Waals surface area contributed by atoms with E-state index in [1.807, 2.05) is 0 Å². The molecule has 110 valence electrons. The summed E-state index contributed by atoms with van der Waals surface area (Å²) in [5.74, 6) is -1.28. The molecule has 0 atom stereocenters. The summed E-state index contributed by atoms with van der Waals surface area (Å²) in [7, 11) is 0. The van der Waals surface area contributed by atoms with E-state index in [1.54, 1.807) is 18.2 Å². The molecule has 0 saturated heterocycles. The summed E-state index contributed by atoms with van der Waals surface area (Å²) < 4.78 is 1.30. The molecular formula is C14H6Br2N2O4.